The summed E-state index contributed by atoms with van der Waals surface area (Å²) in [7, 11) is 1.52. The molecule has 0 aliphatic carbocycles. The smallest absolute Gasteiger partial charge is 0.295 e. The van der Waals surface area contributed by atoms with Gasteiger partial charge in [-0.2, -0.15) is 29.9 Å². The Labute approximate surface area is 465 Å². The molecule has 24 nitrogen and oxygen atoms in total. The van der Waals surface area contributed by atoms with Crippen LogP contribution in [0.1, 0.15) is 38.2 Å². The first-order chi connectivity index (χ1) is 37.4. The van der Waals surface area contributed by atoms with Crippen molar-refractivity contribution in [3.05, 3.63) is 138 Å². The van der Waals surface area contributed by atoms with Crippen LogP contribution in [0.25, 0.3) is 44.3 Å². The van der Waals surface area contributed by atoms with Crippen LogP contribution in [0.3, 0.4) is 0 Å². The standard InChI is InChI=1S/C13H14ClN5OS.C12H11ClN6.C11H10ClN5O2.C11H10ClN5S/c1-8-7-19(3-4-20)12-10(8)11(17-13(14)18-12)16-6-9-15-2-5-21-9;1-7-4-15-10-9(7)11(19-12(13)18-10)16-5-8-2-3-14-6-17-8;1-18-11-14-7-8(13-5-6-3-2-4-19-6)15-10(12)16-9(7)17-11;1-6-4-14-9-8(6)10(17-11(12)16-9)15-5-7-13-2-3-18-7/h2,5,7,20H,3-4,6H2,1H3,(H,16,17,18);2-4,6H,5H2,1H3,(H2,15,16,18,19);2-4H,5H2,1H3,(H2,13,14,15,16,17);2-4H,5H2,1H3,(H2,14,15,16,17). The van der Waals surface area contributed by atoms with Gasteiger partial charge in [-0.05, 0) is 102 Å². The Morgan fingerprint density at radius 2 is 1.23 bits per heavy atom. The molecule has 0 bridgehead atoms. The van der Waals surface area contributed by atoms with E-state index >= 15 is 0 Å². The second-order valence-electron chi connectivity index (χ2n) is 16.2. The van der Waals surface area contributed by atoms with Crippen molar-refractivity contribution in [3.63, 3.8) is 0 Å². The lowest BCUT2D eigenvalue weighted by molar-refractivity contribution is 0.278. The van der Waals surface area contributed by atoms with Crippen molar-refractivity contribution in [2.75, 3.05) is 35.0 Å². The molecule has 0 saturated carbocycles. The van der Waals surface area contributed by atoms with Gasteiger partial charge in [0.05, 0.1) is 68.0 Å². The topological polar surface area (TPSA) is 311 Å². The number of aliphatic hydroxyl groups is 1. The number of methoxy groups -OCH3 is 1. The highest BCUT2D eigenvalue weighted by Gasteiger charge is 2.17. The summed E-state index contributed by atoms with van der Waals surface area (Å²) in [5.74, 6) is 3.46. The van der Waals surface area contributed by atoms with Gasteiger partial charge in [0.1, 0.15) is 62.0 Å². The van der Waals surface area contributed by atoms with Crippen molar-refractivity contribution in [3.8, 4) is 6.01 Å². The highest BCUT2D eigenvalue weighted by atomic mass is 35.5. The molecule has 12 aromatic rings. The summed E-state index contributed by atoms with van der Waals surface area (Å²) in [6.07, 6.45) is 14.1. The van der Waals surface area contributed by atoms with Crippen molar-refractivity contribution in [1.82, 2.24) is 84.3 Å². The summed E-state index contributed by atoms with van der Waals surface area (Å²) in [5, 5.41) is 31.4. The average Bonchev–Trinajstić information content (AvgIpc) is 4.31. The van der Waals surface area contributed by atoms with Crippen LogP contribution in [-0.4, -0.2) is 103 Å². The number of halogens is 4. The molecule has 396 valence electrons. The number of H-pyrrole nitrogens is 3. The molecule has 0 saturated heterocycles. The van der Waals surface area contributed by atoms with E-state index in [0.29, 0.717) is 67.4 Å². The molecule has 30 heteroatoms. The van der Waals surface area contributed by atoms with E-state index in [9.17, 15) is 0 Å². The van der Waals surface area contributed by atoms with Gasteiger partial charge in [0, 0.05) is 54.5 Å². The predicted molar refractivity (Wildman–Crippen MR) is 299 cm³/mol. The Balaban J connectivity index is 0.000000125. The quantitative estimate of drug-likeness (QED) is 0.0443. The van der Waals surface area contributed by atoms with Crippen LogP contribution >= 0.6 is 69.1 Å². The number of anilines is 4. The number of aromatic nitrogens is 17. The molecule has 0 unspecified atom stereocenters. The van der Waals surface area contributed by atoms with Gasteiger partial charge < -0.3 is 55.0 Å². The van der Waals surface area contributed by atoms with Gasteiger partial charge in [0.15, 0.2) is 11.5 Å². The number of aryl methyl sites for hydroxylation is 3. The first-order valence-corrected chi connectivity index (χ1v) is 26.3. The molecule has 0 aliphatic rings. The normalized spacial score (nSPS) is 11.0. The number of imidazole rings is 1. The third kappa shape index (κ3) is 13.6. The van der Waals surface area contributed by atoms with Crippen molar-refractivity contribution >= 4 is 137 Å². The van der Waals surface area contributed by atoms with Gasteiger partial charge in [-0.15, -0.1) is 22.7 Å². The first-order valence-electron chi connectivity index (χ1n) is 23.1. The summed E-state index contributed by atoms with van der Waals surface area (Å²) < 4.78 is 12.1. The summed E-state index contributed by atoms with van der Waals surface area (Å²) in [6.45, 7) is 8.76. The van der Waals surface area contributed by atoms with E-state index in [1.165, 1.54) is 13.4 Å². The van der Waals surface area contributed by atoms with Crippen molar-refractivity contribution in [2.45, 2.75) is 53.5 Å². The molecule has 0 aliphatic heterocycles. The molecule has 0 atom stereocenters. The number of hydrogen-bond donors (Lipinski definition) is 8. The number of rotatable bonds is 15. The van der Waals surface area contributed by atoms with E-state index in [0.717, 1.165) is 77.1 Å². The molecule has 0 amide bonds. The maximum absolute atomic E-state index is 9.14. The average molecular weight is 1160 g/mol. The molecule has 12 rings (SSSR count). The van der Waals surface area contributed by atoms with Gasteiger partial charge in [-0.25, -0.2) is 34.9 Å². The third-order valence-corrected chi connectivity index (χ3v) is 13.2. The van der Waals surface area contributed by atoms with Gasteiger partial charge >= 0.3 is 0 Å². The van der Waals surface area contributed by atoms with E-state index in [-0.39, 0.29) is 27.7 Å². The lowest BCUT2D eigenvalue weighted by Gasteiger charge is -2.07. The number of nitrogens with zero attached hydrogens (tertiary/aromatic N) is 14. The predicted octanol–water partition coefficient (Wildman–Crippen LogP) is 9.98. The Kier molecular flexibility index (Phi) is 17.7. The van der Waals surface area contributed by atoms with E-state index in [1.807, 2.05) is 72.9 Å². The zero-order chi connectivity index (χ0) is 53.8. The number of ether oxygens (including phenoxy) is 1. The van der Waals surface area contributed by atoms with Gasteiger partial charge in [-0.3, -0.25) is 0 Å². The number of fused-ring (bicyclic) bond motifs is 4. The van der Waals surface area contributed by atoms with Crippen LogP contribution in [-0.2, 0) is 32.7 Å². The fraction of sp³-hybridized carbons (Fsp3) is 0.213. The molecule has 12 aromatic heterocycles. The maximum Gasteiger partial charge on any atom is 0.295 e. The largest absolute Gasteiger partial charge is 0.468 e. The summed E-state index contributed by atoms with van der Waals surface area (Å²) >= 11 is 26.9. The summed E-state index contributed by atoms with van der Waals surface area (Å²) in [6, 6.07) is 5.88. The van der Waals surface area contributed by atoms with Crippen molar-refractivity contribution in [1.29, 1.82) is 0 Å². The highest BCUT2D eigenvalue weighted by molar-refractivity contribution is 7.09. The van der Waals surface area contributed by atoms with Crippen molar-refractivity contribution in [2.24, 2.45) is 0 Å². The molecular weight excluding hydrogens is 1110 g/mol. The van der Waals surface area contributed by atoms with Crippen LogP contribution in [0.15, 0.2) is 83.1 Å². The first kappa shape index (κ1) is 54.0. The van der Waals surface area contributed by atoms with Crippen LogP contribution in [0, 0.1) is 20.8 Å². The molecule has 0 aromatic carbocycles. The molecule has 77 heavy (non-hydrogen) atoms. The van der Waals surface area contributed by atoms with E-state index in [1.54, 1.807) is 47.5 Å². The van der Waals surface area contributed by atoms with E-state index in [4.69, 9.17) is 60.7 Å². The second-order valence-corrected chi connectivity index (χ2v) is 19.5. The number of nitrogens with one attached hydrogen (secondary N) is 7. The van der Waals surface area contributed by atoms with Gasteiger partial charge in [0.2, 0.25) is 21.1 Å². The Bertz CT molecular complexity index is 3840. The molecule has 12 heterocycles. The minimum absolute atomic E-state index is 0.0483. The van der Waals surface area contributed by atoms with Crippen LogP contribution in [0.4, 0.5) is 23.3 Å². The Hall–Kier alpha value is -7.85. The van der Waals surface area contributed by atoms with Gasteiger partial charge in [0.25, 0.3) is 6.01 Å². The fourth-order valence-electron chi connectivity index (χ4n) is 7.59. The molecule has 0 spiro atoms. The number of aromatic amines is 3. The number of aliphatic hydroxyl groups excluding tert-OH is 1. The third-order valence-electron chi connectivity index (χ3n) is 11.0. The van der Waals surface area contributed by atoms with Crippen LogP contribution in [0.2, 0.25) is 21.1 Å². The van der Waals surface area contributed by atoms with E-state index < -0.39 is 0 Å². The highest BCUT2D eigenvalue weighted by Crippen LogP contribution is 2.30. The number of hydrogen-bond acceptors (Lipinski definition) is 22. The Morgan fingerprint density at radius 3 is 1.79 bits per heavy atom. The van der Waals surface area contributed by atoms with Crippen molar-refractivity contribution < 1.29 is 14.3 Å². The SMILES string of the molecule is COc1nc2nc(Cl)nc(NCc3ccco3)c2[nH]1.Cc1c[nH]c2nc(Cl)nc(NCc3ccncn3)c12.Cc1c[nH]c2nc(Cl)nc(NCc3nccs3)c12.Cc1cn(CCO)c2nc(Cl)nc(NCc3nccs3)c12. The molecule has 8 N–H and O–H groups in total. The lowest BCUT2D eigenvalue weighted by atomic mass is 10.2. The zero-order valence-electron chi connectivity index (χ0n) is 41.1. The number of thiazole rings is 2. The molecular formula is C47H45Cl4N21O3S2. The Morgan fingerprint density at radius 1 is 0.649 bits per heavy atom. The second kappa shape index (κ2) is 25.3. The number of furan rings is 1. The molecule has 0 radical (unpaired) electrons. The van der Waals surface area contributed by atoms with Gasteiger partial charge in [-0.1, -0.05) is 0 Å². The maximum atomic E-state index is 9.14. The van der Waals surface area contributed by atoms with Crippen LogP contribution < -0.4 is 26.0 Å². The monoisotopic (exact) mass is 1160 g/mol. The van der Waals surface area contributed by atoms with Crippen LogP contribution in [0.5, 0.6) is 6.01 Å². The van der Waals surface area contributed by atoms with E-state index in [2.05, 4.69) is 101 Å². The minimum Gasteiger partial charge on any atom is -0.468 e. The lowest BCUT2D eigenvalue weighted by Crippen LogP contribution is -2.05. The minimum atomic E-state index is 0.0483. The molecule has 0 fully saturated rings. The summed E-state index contributed by atoms with van der Waals surface area (Å²) in [4.78, 5) is 63.1. The zero-order valence-corrected chi connectivity index (χ0v) is 45.8. The summed E-state index contributed by atoms with van der Waals surface area (Å²) in [5.41, 5.74) is 7.34. The fourth-order valence-corrected chi connectivity index (χ4v) is 9.37.